The fourth-order valence-corrected chi connectivity index (χ4v) is 6.74. The van der Waals surface area contributed by atoms with Crippen LogP contribution >= 0.6 is 0 Å². The third-order valence-electron chi connectivity index (χ3n) is 7.98. The van der Waals surface area contributed by atoms with Gasteiger partial charge in [0, 0.05) is 11.5 Å². The first-order chi connectivity index (χ1) is 10.9. The van der Waals surface area contributed by atoms with E-state index < -0.39 is 5.97 Å². The van der Waals surface area contributed by atoms with E-state index in [0.29, 0.717) is 17.8 Å². The minimum atomic E-state index is -0.599. The fourth-order valence-electron chi connectivity index (χ4n) is 6.74. The standard InChI is InChI=1S/C19H27NO3/c1-18-9-7-13-11(12(18)4-5-14(18)17(22)23)3-6-15-19(13,2)10-8-16(21)20-15/h8,10-15H,3-7,9H2,1-2H3,(H,20,21)(H,22,23)/t11-,12-,13-,14+,15-,18-,19+/m0/s1. The molecular formula is C19H27NO3. The molecule has 0 saturated heterocycles. The molecule has 4 aliphatic rings. The summed E-state index contributed by atoms with van der Waals surface area (Å²) in [6.45, 7) is 4.53. The Kier molecular flexibility index (Phi) is 3.20. The molecule has 0 bridgehead atoms. The van der Waals surface area contributed by atoms with Gasteiger partial charge in [0.2, 0.25) is 5.91 Å². The van der Waals surface area contributed by atoms with E-state index in [1.165, 1.54) is 0 Å². The lowest BCUT2D eigenvalue weighted by molar-refractivity contribution is -0.150. The Balaban J connectivity index is 1.66. The first-order valence-corrected chi connectivity index (χ1v) is 9.09. The van der Waals surface area contributed by atoms with Crippen molar-refractivity contribution in [3.05, 3.63) is 12.2 Å². The highest BCUT2D eigenvalue weighted by atomic mass is 16.4. The van der Waals surface area contributed by atoms with Gasteiger partial charge in [-0.15, -0.1) is 0 Å². The SMILES string of the molecule is C[C@]12C=CC(=O)N[C@H]1CC[C@@H]1[C@@H]2CC[C@]2(C)[C@@H](C(=O)O)CC[C@@H]12. The molecule has 1 aliphatic heterocycles. The van der Waals surface area contributed by atoms with Gasteiger partial charge >= 0.3 is 5.97 Å². The molecule has 1 heterocycles. The van der Waals surface area contributed by atoms with E-state index >= 15 is 0 Å². The number of carbonyl (C=O) groups is 2. The zero-order chi connectivity index (χ0) is 16.4. The Morgan fingerprint density at radius 2 is 1.96 bits per heavy atom. The zero-order valence-electron chi connectivity index (χ0n) is 14.0. The van der Waals surface area contributed by atoms with Crippen molar-refractivity contribution in [2.75, 3.05) is 0 Å². The maximum absolute atomic E-state index is 11.7. The molecule has 7 atom stereocenters. The Bertz CT molecular complexity index is 585. The molecule has 4 nitrogen and oxygen atoms in total. The monoisotopic (exact) mass is 317 g/mol. The molecular weight excluding hydrogens is 290 g/mol. The van der Waals surface area contributed by atoms with E-state index in [-0.39, 0.29) is 28.7 Å². The van der Waals surface area contributed by atoms with E-state index in [9.17, 15) is 14.7 Å². The highest BCUT2D eigenvalue weighted by molar-refractivity contribution is 5.89. The molecule has 0 aromatic carbocycles. The van der Waals surface area contributed by atoms with E-state index in [0.717, 1.165) is 38.5 Å². The largest absolute Gasteiger partial charge is 0.481 e. The van der Waals surface area contributed by atoms with E-state index in [1.54, 1.807) is 6.08 Å². The second-order valence-corrected chi connectivity index (χ2v) is 8.73. The van der Waals surface area contributed by atoms with Crippen molar-refractivity contribution in [2.24, 2.45) is 34.5 Å². The summed E-state index contributed by atoms with van der Waals surface area (Å²) in [7, 11) is 0. The molecule has 126 valence electrons. The summed E-state index contributed by atoms with van der Waals surface area (Å²) < 4.78 is 0. The number of nitrogens with one attached hydrogen (secondary N) is 1. The van der Waals surface area contributed by atoms with Gasteiger partial charge < -0.3 is 10.4 Å². The number of aliphatic carboxylic acids is 1. The lowest BCUT2D eigenvalue weighted by Gasteiger charge is -2.58. The third-order valence-corrected chi connectivity index (χ3v) is 7.98. The molecule has 4 heteroatoms. The predicted molar refractivity (Wildman–Crippen MR) is 86.6 cm³/mol. The van der Waals surface area contributed by atoms with E-state index in [2.05, 4.69) is 25.2 Å². The van der Waals surface area contributed by atoms with E-state index in [4.69, 9.17) is 0 Å². The molecule has 3 aliphatic carbocycles. The molecule has 0 unspecified atom stereocenters. The lowest BCUT2D eigenvalue weighted by atomic mass is 9.48. The van der Waals surface area contributed by atoms with Crippen LogP contribution in [-0.2, 0) is 9.59 Å². The van der Waals surface area contributed by atoms with Crippen LogP contribution in [0.5, 0.6) is 0 Å². The highest BCUT2D eigenvalue weighted by Crippen LogP contribution is 2.64. The molecule has 1 amide bonds. The number of rotatable bonds is 1. The molecule has 0 radical (unpaired) electrons. The van der Waals surface area contributed by atoms with Crippen molar-refractivity contribution in [1.82, 2.24) is 5.32 Å². The lowest BCUT2D eigenvalue weighted by Crippen LogP contribution is -2.59. The van der Waals surface area contributed by atoms with Crippen molar-refractivity contribution < 1.29 is 14.7 Å². The van der Waals surface area contributed by atoms with Crippen LogP contribution in [0.3, 0.4) is 0 Å². The molecule has 23 heavy (non-hydrogen) atoms. The van der Waals surface area contributed by atoms with Gasteiger partial charge in [0.05, 0.1) is 5.92 Å². The van der Waals surface area contributed by atoms with Crippen molar-refractivity contribution >= 4 is 11.9 Å². The Labute approximate surface area is 137 Å². The van der Waals surface area contributed by atoms with Crippen molar-refractivity contribution in [3.8, 4) is 0 Å². The Morgan fingerprint density at radius 1 is 1.17 bits per heavy atom. The maximum atomic E-state index is 11.7. The number of carboxylic acids is 1. The predicted octanol–water partition coefficient (Wildman–Crippen LogP) is 2.98. The number of hydrogen-bond acceptors (Lipinski definition) is 2. The maximum Gasteiger partial charge on any atom is 0.307 e. The number of amides is 1. The summed E-state index contributed by atoms with van der Waals surface area (Å²) in [5.74, 6) is 0.992. The summed E-state index contributed by atoms with van der Waals surface area (Å²) in [4.78, 5) is 23.4. The summed E-state index contributed by atoms with van der Waals surface area (Å²) in [5, 5.41) is 12.8. The molecule has 2 N–H and O–H groups in total. The topological polar surface area (TPSA) is 66.4 Å². The summed E-state index contributed by atoms with van der Waals surface area (Å²) >= 11 is 0. The summed E-state index contributed by atoms with van der Waals surface area (Å²) in [6, 6.07) is 0.252. The smallest absolute Gasteiger partial charge is 0.307 e. The minimum Gasteiger partial charge on any atom is -0.481 e. The molecule has 0 aromatic rings. The van der Waals surface area contributed by atoms with Crippen molar-refractivity contribution in [2.45, 2.75) is 58.4 Å². The molecule has 0 aromatic heterocycles. The van der Waals surface area contributed by atoms with Crippen molar-refractivity contribution in [3.63, 3.8) is 0 Å². The van der Waals surface area contributed by atoms with Crippen LogP contribution in [0.2, 0.25) is 0 Å². The zero-order valence-corrected chi connectivity index (χ0v) is 14.0. The van der Waals surface area contributed by atoms with Gasteiger partial charge in [-0.05, 0) is 67.8 Å². The summed E-state index contributed by atoms with van der Waals surface area (Å²) in [5.41, 5.74) is 0.0112. The van der Waals surface area contributed by atoms with Crippen LogP contribution < -0.4 is 5.32 Å². The summed E-state index contributed by atoms with van der Waals surface area (Å²) in [6.07, 6.45) is 10.0. The quantitative estimate of drug-likeness (QED) is 0.781. The molecule has 4 rings (SSSR count). The van der Waals surface area contributed by atoms with E-state index in [1.807, 2.05) is 0 Å². The van der Waals surface area contributed by atoms with Crippen molar-refractivity contribution in [1.29, 1.82) is 0 Å². The second kappa shape index (κ2) is 4.84. The fraction of sp³-hybridized carbons (Fsp3) is 0.789. The Morgan fingerprint density at radius 3 is 2.70 bits per heavy atom. The van der Waals surface area contributed by atoms with Gasteiger partial charge in [0.25, 0.3) is 0 Å². The highest BCUT2D eigenvalue weighted by Gasteiger charge is 2.60. The van der Waals surface area contributed by atoms with Gasteiger partial charge in [0.1, 0.15) is 0 Å². The third kappa shape index (κ3) is 1.96. The number of fused-ring (bicyclic) bond motifs is 5. The second-order valence-electron chi connectivity index (χ2n) is 8.73. The Hall–Kier alpha value is -1.32. The average molecular weight is 317 g/mol. The van der Waals surface area contributed by atoms with Crippen LogP contribution in [0.25, 0.3) is 0 Å². The van der Waals surface area contributed by atoms with Gasteiger partial charge in [0.15, 0.2) is 0 Å². The number of carboxylic acid groups (broad SMARTS) is 1. The first kappa shape index (κ1) is 15.2. The van der Waals surface area contributed by atoms with Gasteiger partial charge in [-0.2, -0.15) is 0 Å². The van der Waals surface area contributed by atoms with Gasteiger partial charge in [-0.3, -0.25) is 9.59 Å². The van der Waals surface area contributed by atoms with Crippen LogP contribution in [0, 0.1) is 34.5 Å². The molecule has 0 spiro atoms. The average Bonchev–Trinajstić information content (AvgIpc) is 2.85. The first-order valence-electron chi connectivity index (χ1n) is 9.09. The van der Waals surface area contributed by atoms with Crippen LogP contribution in [-0.4, -0.2) is 23.0 Å². The molecule has 3 saturated carbocycles. The van der Waals surface area contributed by atoms with Crippen LogP contribution in [0.1, 0.15) is 52.4 Å². The molecule has 3 fully saturated rings. The van der Waals surface area contributed by atoms with Gasteiger partial charge in [-0.25, -0.2) is 0 Å². The number of hydrogen-bond donors (Lipinski definition) is 2. The van der Waals surface area contributed by atoms with Gasteiger partial charge in [-0.1, -0.05) is 19.9 Å². The van der Waals surface area contributed by atoms with Crippen LogP contribution in [0.15, 0.2) is 12.2 Å². The van der Waals surface area contributed by atoms with Crippen LogP contribution in [0.4, 0.5) is 0 Å². The number of carbonyl (C=O) groups excluding carboxylic acids is 1. The normalized spacial score (nSPS) is 51.4. The minimum absolute atomic E-state index is 0.0299.